The minimum atomic E-state index is -0.191. The summed E-state index contributed by atoms with van der Waals surface area (Å²) < 4.78 is 0. The van der Waals surface area contributed by atoms with Gasteiger partial charge in [-0.25, -0.2) is 0 Å². The average molecular weight is 311 g/mol. The van der Waals surface area contributed by atoms with E-state index in [9.17, 15) is 4.79 Å². The molecule has 1 saturated carbocycles. The fraction of sp³-hybridized carbons (Fsp3) is 0.619. The minimum absolute atomic E-state index is 0.0268. The molecule has 0 N–H and O–H groups in total. The maximum absolute atomic E-state index is 12.8. The van der Waals surface area contributed by atoms with Crippen LogP contribution in [-0.2, 0) is 10.2 Å². The smallest absolute Gasteiger partial charge is 0.141 e. The second-order valence-corrected chi connectivity index (χ2v) is 8.27. The van der Waals surface area contributed by atoms with Gasteiger partial charge in [0.25, 0.3) is 0 Å². The molecule has 1 aromatic carbocycles. The van der Waals surface area contributed by atoms with Crippen molar-refractivity contribution < 1.29 is 4.79 Å². The lowest BCUT2D eigenvalue weighted by Gasteiger charge is -2.44. The number of nitrogens with zero attached hydrogens (tertiary/aromatic N) is 1. The third kappa shape index (κ3) is 2.88. The third-order valence-electron chi connectivity index (χ3n) is 6.26. The SMILES string of the molecule is CC1(C)N=C(CC(=O)C2CCCCC2)c2ccccc2C1(C)C. The Morgan fingerprint density at radius 3 is 2.43 bits per heavy atom. The van der Waals surface area contributed by atoms with Gasteiger partial charge in [-0.2, -0.15) is 0 Å². The van der Waals surface area contributed by atoms with E-state index in [1.165, 1.54) is 30.4 Å². The van der Waals surface area contributed by atoms with Crippen LogP contribution in [0.15, 0.2) is 29.3 Å². The van der Waals surface area contributed by atoms with E-state index in [1.54, 1.807) is 0 Å². The predicted octanol–water partition coefficient (Wildman–Crippen LogP) is 5.09. The first-order valence-corrected chi connectivity index (χ1v) is 9.04. The Morgan fingerprint density at radius 2 is 1.74 bits per heavy atom. The van der Waals surface area contributed by atoms with Gasteiger partial charge in [-0.15, -0.1) is 0 Å². The van der Waals surface area contributed by atoms with Crippen molar-refractivity contribution in [3.05, 3.63) is 35.4 Å². The first-order valence-electron chi connectivity index (χ1n) is 9.04. The van der Waals surface area contributed by atoms with Crippen LogP contribution in [0.1, 0.15) is 77.3 Å². The van der Waals surface area contributed by atoms with Gasteiger partial charge in [0.2, 0.25) is 0 Å². The van der Waals surface area contributed by atoms with E-state index in [0.717, 1.165) is 18.6 Å². The van der Waals surface area contributed by atoms with E-state index >= 15 is 0 Å². The maximum atomic E-state index is 12.8. The van der Waals surface area contributed by atoms with E-state index in [1.807, 2.05) is 0 Å². The summed E-state index contributed by atoms with van der Waals surface area (Å²) in [6, 6.07) is 8.51. The summed E-state index contributed by atoms with van der Waals surface area (Å²) >= 11 is 0. The van der Waals surface area contributed by atoms with E-state index in [-0.39, 0.29) is 16.9 Å². The van der Waals surface area contributed by atoms with Gasteiger partial charge in [0, 0.05) is 17.8 Å². The van der Waals surface area contributed by atoms with Gasteiger partial charge >= 0.3 is 0 Å². The lowest BCUT2D eigenvalue weighted by Crippen LogP contribution is -2.46. The van der Waals surface area contributed by atoms with Crippen LogP contribution in [0.25, 0.3) is 0 Å². The minimum Gasteiger partial charge on any atom is -0.299 e. The number of carbonyl (C=O) groups is 1. The number of hydrogen-bond acceptors (Lipinski definition) is 2. The van der Waals surface area contributed by atoms with Crippen LogP contribution in [0.3, 0.4) is 0 Å². The molecule has 1 heterocycles. The van der Waals surface area contributed by atoms with Crippen molar-refractivity contribution in [1.82, 2.24) is 0 Å². The molecule has 1 aliphatic carbocycles. The molecule has 0 aromatic heterocycles. The molecule has 2 nitrogen and oxygen atoms in total. The molecule has 1 aliphatic heterocycles. The molecule has 23 heavy (non-hydrogen) atoms. The Labute approximate surface area is 140 Å². The van der Waals surface area contributed by atoms with E-state index < -0.39 is 0 Å². The van der Waals surface area contributed by atoms with E-state index in [2.05, 4.69) is 52.0 Å². The van der Waals surface area contributed by atoms with Gasteiger partial charge in [-0.1, -0.05) is 57.4 Å². The fourth-order valence-electron chi connectivity index (χ4n) is 4.02. The van der Waals surface area contributed by atoms with Crippen LogP contribution in [-0.4, -0.2) is 17.0 Å². The number of fused-ring (bicyclic) bond motifs is 1. The third-order valence-corrected chi connectivity index (χ3v) is 6.26. The monoisotopic (exact) mass is 311 g/mol. The number of Topliss-reactive ketones (excluding diaryl/α,β-unsaturated/α-hetero) is 1. The lowest BCUT2D eigenvalue weighted by atomic mass is 9.66. The Morgan fingerprint density at radius 1 is 1.09 bits per heavy atom. The van der Waals surface area contributed by atoms with Crippen LogP contribution in [0.2, 0.25) is 0 Å². The van der Waals surface area contributed by atoms with Crippen molar-refractivity contribution in [2.75, 3.05) is 0 Å². The Kier molecular flexibility index (Phi) is 4.20. The van der Waals surface area contributed by atoms with Crippen molar-refractivity contribution in [2.45, 2.75) is 77.2 Å². The molecule has 124 valence electrons. The Balaban J connectivity index is 1.92. The summed E-state index contributed by atoms with van der Waals surface area (Å²) in [4.78, 5) is 17.8. The molecule has 0 bridgehead atoms. The van der Waals surface area contributed by atoms with Gasteiger partial charge in [0.15, 0.2) is 0 Å². The van der Waals surface area contributed by atoms with Gasteiger partial charge < -0.3 is 0 Å². The highest BCUT2D eigenvalue weighted by atomic mass is 16.1. The molecule has 0 unspecified atom stereocenters. The molecule has 0 amide bonds. The van der Waals surface area contributed by atoms with Gasteiger partial charge in [-0.05, 0) is 37.8 Å². The molecular formula is C21H29NO. The van der Waals surface area contributed by atoms with Crippen LogP contribution >= 0.6 is 0 Å². The summed E-state index contributed by atoms with van der Waals surface area (Å²) in [5.74, 6) is 0.658. The number of ketones is 1. The Bertz CT molecular complexity index is 633. The topological polar surface area (TPSA) is 29.4 Å². The molecule has 2 heteroatoms. The fourth-order valence-corrected chi connectivity index (χ4v) is 4.02. The lowest BCUT2D eigenvalue weighted by molar-refractivity contribution is -0.122. The van der Waals surface area contributed by atoms with E-state index in [0.29, 0.717) is 12.2 Å². The second kappa shape index (κ2) is 5.89. The van der Waals surface area contributed by atoms with Crippen molar-refractivity contribution in [2.24, 2.45) is 10.9 Å². The number of rotatable bonds is 3. The van der Waals surface area contributed by atoms with Crippen molar-refractivity contribution in [1.29, 1.82) is 0 Å². The van der Waals surface area contributed by atoms with Gasteiger partial charge in [0.05, 0.1) is 11.3 Å². The van der Waals surface area contributed by atoms with Crippen LogP contribution in [0.4, 0.5) is 0 Å². The highest BCUT2D eigenvalue weighted by Gasteiger charge is 2.43. The summed E-state index contributed by atoms with van der Waals surface area (Å²) in [6.45, 7) is 8.90. The molecule has 1 aromatic rings. The second-order valence-electron chi connectivity index (χ2n) is 8.27. The molecule has 1 fully saturated rings. The molecule has 0 radical (unpaired) electrons. The largest absolute Gasteiger partial charge is 0.299 e. The molecule has 3 rings (SSSR count). The zero-order valence-electron chi connectivity index (χ0n) is 15.0. The summed E-state index contributed by atoms with van der Waals surface area (Å²) in [7, 11) is 0. The summed E-state index contributed by atoms with van der Waals surface area (Å²) in [5, 5.41) is 0. The Hall–Kier alpha value is -1.44. The van der Waals surface area contributed by atoms with Crippen LogP contribution in [0, 0.1) is 5.92 Å². The highest BCUT2D eigenvalue weighted by Crippen LogP contribution is 2.43. The normalized spacial score (nSPS) is 23.0. The molecule has 0 atom stereocenters. The van der Waals surface area contributed by atoms with Gasteiger partial charge in [-0.3, -0.25) is 9.79 Å². The van der Waals surface area contributed by atoms with Crippen molar-refractivity contribution >= 4 is 11.5 Å². The number of benzene rings is 1. The van der Waals surface area contributed by atoms with Gasteiger partial charge in [0.1, 0.15) is 5.78 Å². The molecule has 2 aliphatic rings. The summed E-state index contributed by atoms with van der Waals surface area (Å²) in [5.41, 5.74) is 3.29. The zero-order chi connectivity index (χ0) is 16.7. The van der Waals surface area contributed by atoms with E-state index in [4.69, 9.17) is 4.99 Å². The van der Waals surface area contributed by atoms with Crippen molar-refractivity contribution in [3.63, 3.8) is 0 Å². The molecule has 0 saturated heterocycles. The zero-order valence-corrected chi connectivity index (χ0v) is 15.0. The average Bonchev–Trinajstić information content (AvgIpc) is 2.53. The summed E-state index contributed by atoms with van der Waals surface area (Å²) in [6.07, 6.45) is 6.34. The first kappa shape index (κ1) is 16.4. The van der Waals surface area contributed by atoms with Crippen molar-refractivity contribution in [3.8, 4) is 0 Å². The molecular weight excluding hydrogens is 282 g/mol. The highest BCUT2D eigenvalue weighted by molar-refractivity contribution is 6.13. The molecule has 0 spiro atoms. The maximum Gasteiger partial charge on any atom is 0.141 e. The number of carbonyl (C=O) groups excluding carboxylic acids is 1. The first-order chi connectivity index (χ1) is 10.8. The number of hydrogen-bond donors (Lipinski definition) is 0. The van der Waals surface area contributed by atoms with Crippen LogP contribution < -0.4 is 0 Å². The quantitative estimate of drug-likeness (QED) is 0.765. The number of aliphatic imine (C=N–C) groups is 1. The standard InChI is InChI=1S/C21H29NO/c1-20(2)17-13-9-8-12-16(17)18(22-21(20,3)4)14-19(23)15-10-6-5-7-11-15/h8-9,12-13,15H,5-7,10-11,14H2,1-4H3. The predicted molar refractivity (Wildman–Crippen MR) is 96.3 cm³/mol. The van der Waals surface area contributed by atoms with Crippen LogP contribution in [0.5, 0.6) is 0 Å².